The van der Waals surface area contributed by atoms with Crippen molar-refractivity contribution in [3.63, 3.8) is 0 Å². The molecule has 0 radical (unpaired) electrons. The fourth-order valence-electron chi connectivity index (χ4n) is 3.07. The van der Waals surface area contributed by atoms with Crippen LogP contribution in [0.5, 0.6) is 0 Å². The summed E-state index contributed by atoms with van der Waals surface area (Å²) in [6.45, 7) is 3.69. The standard InChI is InChI=1S/C17H16N2O6S/c1-8-7-26-16-11(15(23)19(16)12(8)17(24)25)18-14(22)13(21)10-5-3-2-4-9(10)6-20/h2-6,11-13,16,21H,1,7H2,(H,18,22)(H,24,25)/t11-,12?,13?,16+/m1/s1. The molecule has 0 saturated carbocycles. The van der Waals surface area contributed by atoms with Crippen LogP contribution in [-0.4, -0.2) is 62.4 Å². The maximum Gasteiger partial charge on any atom is 0.330 e. The third-order valence-corrected chi connectivity index (χ3v) is 5.76. The predicted octanol–water partition coefficient (Wildman–Crippen LogP) is -0.0582. The van der Waals surface area contributed by atoms with Gasteiger partial charge in [0.25, 0.3) is 5.91 Å². The molecular formula is C17H16N2O6S. The summed E-state index contributed by atoms with van der Waals surface area (Å²) in [5.41, 5.74) is 0.722. The molecule has 1 aromatic carbocycles. The van der Waals surface area contributed by atoms with Crippen molar-refractivity contribution in [2.45, 2.75) is 23.6 Å². The van der Waals surface area contributed by atoms with E-state index in [-0.39, 0.29) is 11.1 Å². The van der Waals surface area contributed by atoms with Gasteiger partial charge in [-0.2, -0.15) is 0 Å². The molecule has 3 rings (SSSR count). The Kier molecular flexibility index (Phi) is 4.84. The number of carbonyl (C=O) groups is 4. The lowest BCUT2D eigenvalue weighted by atomic mass is 9.97. The number of thioether (sulfide) groups is 1. The fourth-order valence-corrected chi connectivity index (χ4v) is 4.38. The predicted molar refractivity (Wildman–Crippen MR) is 92.4 cm³/mol. The van der Waals surface area contributed by atoms with Gasteiger partial charge in [-0.3, -0.25) is 14.4 Å². The molecule has 0 spiro atoms. The number of aliphatic hydroxyl groups excluding tert-OH is 1. The molecular weight excluding hydrogens is 360 g/mol. The minimum atomic E-state index is -1.61. The molecule has 4 atom stereocenters. The van der Waals surface area contributed by atoms with Gasteiger partial charge in [0.2, 0.25) is 5.91 Å². The molecule has 8 nitrogen and oxygen atoms in total. The molecule has 3 N–H and O–H groups in total. The number of carbonyl (C=O) groups excluding carboxylic acids is 3. The Labute approximate surface area is 152 Å². The van der Waals surface area contributed by atoms with E-state index >= 15 is 0 Å². The van der Waals surface area contributed by atoms with Crippen LogP contribution in [0.2, 0.25) is 0 Å². The number of aliphatic carboxylic acids is 1. The molecule has 2 saturated heterocycles. The van der Waals surface area contributed by atoms with E-state index in [4.69, 9.17) is 0 Å². The molecule has 26 heavy (non-hydrogen) atoms. The second-order valence-corrected chi connectivity index (χ2v) is 7.09. The quantitative estimate of drug-likeness (QED) is 0.374. The molecule has 2 fully saturated rings. The third kappa shape index (κ3) is 2.89. The monoisotopic (exact) mass is 376 g/mol. The van der Waals surface area contributed by atoms with Crippen molar-refractivity contribution in [3.8, 4) is 0 Å². The number of rotatable bonds is 5. The van der Waals surface area contributed by atoms with Gasteiger partial charge in [-0.1, -0.05) is 30.8 Å². The van der Waals surface area contributed by atoms with Crippen LogP contribution in [0.1, 0.15) is 22.0 Å². The number of nitrogens with one attached hydrogen (secondary N) is 1. The van der Waals surface area contributed by atoms with Crippen molar-refractivity contribution >= 4 is 35.8 Å². The van der Waals surface area contributed by atoms with Gasteiger partial charge >= 0.3 is 5.97 Å². The first-order valence-electron chi connectivity index (χ1n) is 7.73. The van der Waals surface area contributed by atoms with Crippen LogP contribution in [0.25, 0.3) is 0 Å². The summed E-state index contributed by atoms with van der Waals surface area (Å²) in [6, 6.07) is 4.05. The number of nitrogens with zero attached hydrogens (tertiary/aromatic N) is 1. The summed E-state index contributed by atoms with van der Waals surface area (Å²) in [6.07, 6.45) is -1.08. The Hall–Kier alpha value is -2.65. The van der Waals surface area contributed by atoms with Gasteiger partial charge in [-0.15, -0.1) is 11.8 Å². The van der Waals surface area contributed by atoms with Crippen molar-refractivity contribution in [2.75, 3.05) is 5.75 Å². The number of aliphatic hydroxyl groups is 1. The van der Waals surface area contributed by atoms with E-state index in [9.17, 15) is 29.4 Å². The summed E-state index contributed by atoms with van der Waals surface area (Å²) in [5.74, 6) is -2.18. The number of carboxylic acids is 1. The topological polar surface area (TPSA) is 124 Å². The molecule has 2 amide bonds. The van der Waals surface area contributed by atoms with Crippen LogP contribution in [-0.2, 0) is 14.4 Å². The average Bonchev–Trinajstić information content (AvgIpc) is 2.64. The Morgan fingerprint density at radius 2 is 2.08 bits per heavy atom. The second kappa shape index (κ2) is 6.93. The summed E-state index contributed by atoms with van der Waals surface area (Å²) >= 11 is 1.30. The van der Waals surface area contributed by atoms with E-state index in [1.807, 2.05) is 0 Å². The van der Waals surface area contributed by atoms with E-state index in [1.165, 1.54) is 28.8 Å². The van der Waals surface area contributed by atoms with Gasteiger partial charge in [0.15, 0.2) is 12.1 Å². The van der Waals surface area contributed by atoms with Gasteiger partial charge < -0.3 is 20.4 Å². The van der Waals surface area contributed by atoms with Crippen molar-refractivity contribution in [1.29, 1.82) is 0 Å². The van der Waals surface area contributed by atoms with Crippen LogP contribution in [0.15, 0.2) is 36.4 Å². The van der Waals surface area contributed by atoms with E-state index in [2.05, 4.69) is 11.9 Å². The highest BCUT2D eigenvalue weighted by Crippen LogP contribution is 2.40. The molecule has 2 unspecified atom stereocenters. The highest BCUT2D eigenvalue weighted by Gasteiger charge is 2.56. The molecule has 2 aliphatic rings. The minimum absolute atomic E-state index is 0.136. The smallest absolute Gasteiger partial charge is 0.330 e. The number of fused-ring (bicyclic) bond motifs is 1. The van der Waals surface area contributed by atoms with E-state index < -0.39 is 41.3 Å². The molecule has 2 heterocycles. The van der Waals surface area contributed by atoms with Gasteiger partial charge in [0.1, 0.15) is 17.7 Å². The zero-order valence-electron chi connectivity index (χ0n) is 13.5. The van der Waals surface area contributed by atoms with Crippen LogP contribution in [0.4, 0.5) is 0 Å². The van der Waals surface area contributed by atoms with Crippen LogP contribution in [0, 0.1) is 0 Å². The Morgan fingerprint density at radius 1 is 1.38 bits per heavy atom. The van der Waals surface area contributed by atoms with Gasteiger partial charge in [0, 0.05) is 16.9 Å². The van der Waals surface area contributed by atoms with Crippen LogP contribution in [0.3, 0.4) is 0 Å². The molecule has 136 valence electrons. The number of β-lactam (4-membered cyclic amide) rings is 1. The Bertz CT molecular complexity index is 810. The first-order valence-corrected chi connectivity index (χ1v) is 8.78. The minimum Gasteiger partial charge on any atom is -0.479 e. The number of carboxylic acid groups (broad SMARTS) is 1. The molecule has 0 aliphatic carbocycles. The molecule has 0 aromatic heterocycles. The van der Waals surface area contributed by atoms with Gasteiger partial charge in [0.05, 0.1) is 0 Å². The first kappa shape index (κ1) is 18.2. The van der Waals surface area contributed by atoms with E-state index in [0.717, 1.165) is 0 Å². The third-order valence-electron chi connectivity index (χ3n) is 4.38. The summed E-state index contributed by atoms with van der Waals surface area (Å²) in [4.78, 5) is 48.2. The zero-order valence-corrected chi connectivity index (χ0v) is 14.3. The van der Waals surface area contributed by atoms with Crippen LogP contribution < -0.4 is 5.32 Å². The number of hydrogen-bond acceptors (Lipinski definition) is 6. The lowest BCUT2D eigenvalue weighted by Crippen LogP contribution is -2.74. The second-order valence-electron chi connectivity index (χ2n) is 5.98. The Morgan fingerprint density at radius 3 is 2.73 bits per heavy atom. The normalized spacial score (nSPS) is 25.7. The molecule has 1 aromatic rings. The van der Waals surface area contributed by atoms with Crippen molar-refractivity contribution < 1.29 is 29.4 Å². The SMILES string of the molecule is C=C1CS[C@H]2[C@H](NC(=O)C(O)c3ccccc3C=O)C(=O)N2C1C(=O)O. The van der Waals surface area contributed by atoms with Crippen molar-refractivity contribution in [2.24, 2.45) is 0 Å². The van der Waals surface area contributed by atoms with Gasteiger partial charge in [-0.25, -0.2) is 4.79 Å². The zero-order chi connectivity index (χ0) is 19.0. The Balaban J connectivity index is 1.73. The number of amides is 2. The lowest BCUT2D eigenvalue weighted by molar-refractivity contribution is -0.160. The lowest BCUT2D eigenvalue weighted by Gasteiger charge is -2.52. The number of hydrogen-bond donors (Lipinski definition) is 3. The summed E-state index contributed by atoms with van der Waals surface area (Å²) in [7, 11) is 0. The number of aldehydes is 1. The molecule has 9 heteroatoms. The average molecular weight is 376 g/mol. The maximum atomic E-state index is 12.3. The molecule has 2 aliphatic heterocycles. The van der Waals surface area contributed by atoms with E-state index in [0.29, 0.717) is 17.6 Å². The highest BCUT2D eigenvalue weighted by atomic mass is 32.2. The van der Waals surface area contributed by atoms with Gasteiger partial charge in [-0.05, 0) is 5.57 Å². The maximum absolute atomic E-state index is 12.3. The largest absolute Gasteiger partial charge is 0.479 e. The van der Waals surface area contributed by atoms with Crippen LogP contribution >= 0.6 is 11.8 Å². The molecule has 0 bridgehead atoms. The highest BCUT2D eigenvalue weighted by molar-refractivity contribution is 8.00. The number of benzene rings is 1. The summed E-state index contributed by atoms with van der Waals surface area (Å²) < 4.78 is 0. The van der Waals surface area contributed by atoms with Crippen molar-refractivity contribution in [3.05, 3.63) is 47.5 Å². The van der Waals surface area contributed by atoms with Crippen molar-refractivity contribution in [1.82, 2.24) is 10.2 Å². The summed E-state index contributed by atoms with van der Waals surface area (Å²) in [5, 5.41) is 21.4. The van der Waals surface area contributed by atoms with E-state index in [1.54, 1.807) is 12.1 Å². The fraction of sp³-hybridized carbons (Fsp3) is 0.294. The first-order chi connectivity index (χ1) is 12.4.